The van der Waals surface area contributed by atoms with Crippen LogP contribution in [-0.2, 0) is 6.42 Å². The Morgan fingerprint density at radius 2 is 2.24 bits per heavy atom. The second kappa shape index (κ2) is 5.27. The lowest BCUT2D eigenvalue weighted by Gasteiger charge is -2.29. The van der Waals surface area contributed by atoms with Gasteiger partial charge in [0.15, 0.2) is 0 Å². The molecule has 17 heavy (non-hydrogen) atoms. The molecule has 1 aliphatic heterocycles. The Bertz CT molecular complexity index is 407. The van der Waals surface area contributed by atoms with Gasteiger partial charge in [-0.2, -0.15) is 0 Å². The lowest BCUT2D eigenvalue weighted by Crippen LogP contribution is -2.42. The summed E-state index contributed by atoms with van der Waals surface area (Å²) in [5, 5.41) is 3.50. The number of methoxy groups -OCH3 is 1. The lowest BCUT2D eigenvalue weighted by molar-refractivity contribution is 0.226. The van der Waals surface area contributed by atoms with Crippen LogP contribution < -0.4 is 14.8 Å². The highest BCUT2D eigenvalue weighted by molar-refractivity contribution is 9.10. The fraction of sp³-hybridized carbons (Fsp3) is 0.538. The summed E-state index contributed by atoms with van der Waals surface area (Å²) < 4.78 is 12.2. The van der Waals surface area contributed by atoms with Gasteiger partial charge in [0.1, 0.15) is 18.1 Å². The quantitative estimate of drug-likeness (QED) is 0.931. The SMILES string of the molecule is COc1ccc(Br)c2c1CC(NC(C)C)CO2. The Balaban J connectivity index is 2.26. The fourth-order valence-electron chi connectivity index (χ4n) is 2.19. The van der Waals surface area contributed by atoms with Crippen molar-refractivity contribution in [1.82, 2.24) is 5.32 Å². The van der Waals surface area contributed by atoms with Crippen molar-refractivity contribution in [2.75, 3.05) is 13.7 Å². The topological polar surface area (TPSA) is 30.5 Å². The minimum atomic E-state index is 0.352. The minimum absolute atomic E-state index is 0.352. The standard InChI is InChI=1S/C13H18BrNO2/c1-8(2)15-9-6-10-12(16-3)5-4-11(14)13(10)17-7-9/h4-5,8-9,15H,6-7H2,1-3H3. The maximum Gasteiger partial charge on any atom is 0.140 e. The van der Waals surface area contributed by atoms with E-state index < -0.39 is 0 Å². The Kier molecular flexibility index (Phi) is 3.94. The first-order chi connectivity index (χ1) is 8.11. The van der Waals surface area contributed by atoms with Gasteiger partial charge < -0.3 is 14.8 Å². The van der Waals surface area contributed by atoms with Crippen molar-refractivity contribution in [2.45, 2.75) is 32.4 Å². The van der Waals surface area contributed by atoms with Gasteiger partial charge in [-0.3, -0.25) is 0 Å². The van der Waals surface area contributed by atoms with Crippen molar-refractivity contribution < 1.29 is 9.47 Å². The molecule has 1 heterocycles. The molecule has 1 unspecified atom stereocenters. The second-order valence-electron chi connectivity index (χ2n) is 4.59. The van der Waals surface area contributed by atoms with E-state index >= 15 is 0 Å². The zero-order valence-corrected chi connectivity index (χ0v) is 12.0. The Morgan fingerprint density at radius 1 is 1.47 bits per heavy atom. The molecule has 0 aliphatic carbocycles. The van der Waals surface area contributed by atoms with Crippen LogP contribution in [0.15, 0.2) is 16.6 Å². The summed E-state index contributed by atoms with van der Waals surface area (Å²) >= 11 is 3.52. The summed E-state index contributed by atoms with van der Waals surface area (Å²) in [5.41, 5.74) is 1.14. The van der Waals surface area contributed by atoms with Gasteiger partial charge in [-0.15, -0.1) is 0 Å². The highest BCUT2D eigenvalue weighted by atomic mass is 79.9. The molecule has 0 spiro atoms. The molecule has 0 saturated carbocycles. The number of ether oxygens (including phenoxy) is 2. The lowest BCUT2D eigenvalue weighted by atomic mass is 10.0. The van der Waals surface area contributed by atoms with Crippen LogP contribution >= 0.6 is 15.9 Å². The van der Waals surface area contributed by atoms with Gasteiger partial charge in [0.2, 0.25) is 0 Å². The van der Waals surface area contributed by atoms with E-state index in [9.17, 15) is 0 Å². The van der Waals surface area contributed by atoms with E-state index in [1.165, 1.54) is 0 Å². The predicted molar refractivity (Wildman–Crippen MR) is 72.0 cm³/mol. The fourth-order valence-corrected chi connectivity index (χ4v) is 2.68. The van der Waals surface area contributed by atoms with Crippen molar-refractivity contribution in [3.05, 3.63) is 22.2 Å². The van der Waals surface area contributed by atoms with Crippen LogP contribution in [0.3, 0.4) is 0 Å². The monoisotopic (exact) mass is 299 g/mol. The van der Waals surface area contributed by atoms with Gasteiger partial charge in [0, 0.05) is 17.6 Å². The first-order valence-electron chi connectivity index (χ1n) is 5.86. The molecule has 0 aromatic heterocycles. The van der Waals surface area contributed by atoms with Gasteiger partial charge in [0.25, 0.3) is 0 Å². The van der Waals surface area contributed by atoms with E-state index in [1.54, 1.807) is 7.11 Å². The van der Waals surface area contributed by atoms with E-state index in [1.807, 2.05) is 12.1 Å². The third-order valence-corrected chi connectivity index (χ3v) is 3.46. The van der Waals surface area contributed by atoms with Crippen LogP contribution in [0.25, 0.3) is 0 Å². The molecule has 0 radical (unpaired) electrons. The summed E-state index contributed by atoms with van der Waals surface area (Å²) in [6.45, 7) is 5.00. The van der Waals surface area contributed by atoms with Crippen molar-refractivity contribution in [1.29, 1.82) is 0 Å². The Morgan fingerprint density at radius 3 is 2.88 bits per heavy atom. The smallest absolute Gasteiger partial charge is 0.140 e. The number of rotatable bonds is 3. The summed E-state index contributed by atoms with van der Waals surface area (Å²) in [7, 11) is 1.70. The normalized spacial score (nSPS) is 18.8. The van der Waals surface area contributed by atoms with E-state index in [2.05, 4.69) is 35.1 Å². The molecule has 1 aromatic carbocycles. The van der Waals surface area contributed by atoms with Gasteiger partial charge in [-0.05, 0) is 34.5 Å². The molecule has 0 fully saturated rings. The zero-order chi connectivity index (χ0) is 12.4. The van der Waals surface area contributed by atoms with Gasteiger partial charge in [-0.25, -0.2) is 0 Å². The number of fused-ring (bicyclic) bond motifs is 1. The molecular formula is C13H18BrNO2. The van der Waals surface area contributed by atoms with E-state index in [0.29, 0.717) is 18.7 Å². The number of hydrogen-bond donors (Lipinski definition) is 1. The summed E-state index contributed by atoms with van der Waals surface area (Å²) in [6.07, 6.45) is 0.941. The Hall–Kier alpha value is -0.740. The maximum atomic E-state index is 5.82. The average molecular weight is 300 g/mol. The molecule has 0 bridgehead atoms. The molecule has 1 aromatic rings. The van der Waals surface area contributed by atoms with Crippen LogP contribution in [0.2, 0.25) is 0 Å². The van der Waals surface area contributed by atoms with E-state index in [4.69, 9.17) is 9.47 Å². The predicted octanol–water partition coefficient (Wildman–Crippen LogP) is 2.76. The third-order valence-electron chi connectivity index (χ3n) is 2.84. The van der Waals surface area contributed by atoms with E-state index in [0.717, 1.165) is 28.0 Å². The van der Waals surface area contributed by atoms with E-state index in [-0.39, 0.29) is 0 Å². The largest absolute Gasteiger partial charge is 0.496 e. The van der Waals surface area contributed by atoms with Crippen LogP contribution in [0.1, 0.15) is 19.4 Å². The summed E-state index contributed by atoms with van der Waals surface area (Å²) in [5.74, 6) is 1.82. The zero-order valence-electron chi connectivity index (χ0n) is 10.4. The molecule has 94 valence electrons. The van der Waals surface area contributed by atoms with Gasteiger partial charge in [-0.1, -0.05) is 13.8 Å². The summed E-state index contributed by atoms with van der Waals surface area (Å²) in [6, 6.07) is 4.76. The third kappa shape index (κ3) is 2.75. The molecular weight excluding hydrogens is 282 g/mol. The van der Waals surface area contributed by atoms with Crippen molar-refractivity contribution in [2.24, 2.45) is 0 Å². The second-order valence-corrected chi connectivity index (χ2v) is 5.45. The number of hydrogen-bond acceptors (Lipinski definition) is 3. The first kappa shape index (κ1) is 12.7. The van der Waals surface area contributed by atoms with Crippen LogP contribution in [0, 0.1) is 0 Å². The molecule has 3 nitrogen and oxygen atoms in total. The first-order valence-corrected chi connectivity index (χ1v) is 6.65. The average Bonchev–Trinajstić information content (AvgIpc) is 2.29. The molecule has 1 atom stereocenters. The number of nitrogens with one attached hydrogen (secondary N) is 1. The summed E-state index contributed by atoms with van der Waals surface area (Å²) in [4.78, 5) is 0. The molecule has 1 N–H and O–H groups in total. The molecule has 0 saturated heterocycles. The molecule has 1 aliphatic rings. The Labute approximate surface area is 111 Å². The number of benzene rings is 1. The van der Waals surface area contributed by atoms with Gasteiger partial charge in [0.05, 0.1) is 11.6 Å². The van der Waals surface area contributed by atoms with Crippen LogP contribution in [0.4, 0.5) is 0 Å². The molecule has 0 amide bonds. The molecule has 4 heteroatoms. The highest BCUT2D eigenvalue weighted by Gasteiger charge is 2.25. The highest BCUT2D eigenvalue weighted by Crippen LogP contribution is 2.38. The van der Waals surface area contributed by atoms with Crippen LogP contribution in [0.5, 0.6) is 11.5 Å². The maximum absolute atomic E-state index is 5.82. The van der Waals surface area contributed by atoms with Crippen molar-refractivity contribution >= 4 is 15.9 Å². The minimum Gasteiger partial charge on any atom is -0.496 e. The number of halogens is 1. The van der Waals surface area contributed by atoms with Crippen molar-refractivity contribution in [3.63, 3.8) is 0 Å². The molecule has 2 rings (SSSR count). The van der Waals surface area contributed by atoms with Crippen LogP contribution in [-0.4, -0.2) is 25.8 Å². The van der Waals surface area contributed by atoms with Gasteiger partial charge >= 0.3 is 0 Å². The van der Waals surface area contributed by atoms with Crippen molar-refractivity contribution in [3.8, 4) is 11.5 Å².